The van der Waals surface area contributed by atoms with Crippen LogP contribution in [0.5, 0.6) is 11.5 Å². The fraction of sp³-hybridized carbons (Fsp3) is 0.0800. The van der Waals surface area contributed by atoms with Gasteiger partial charge in [-0.2, -0.15) is 0 Å². The molecule has 1 heterocycles. The van der Waals surface area contributed by atoms with Crippen LogP contribution in [-0.4, -0.2) is 18.4 Å². The first kappa shape index (κ1) is 20.1. The van der Waals surface area contributed by atoms with Crippen LogP contribution in [0.2, 0.25) is 0 Å². The molecule has 0 aliphatic heterocycles. The molecule has 0 aliphatic carbocycles. The standard InChI is InChI=1S/C25H18O6/c1-16(26)18-8-5-9-19(12-18)29-15-24(27)31-20-10-11-21-23(13-20)30-14-22(25(21)28)17-6-3-2-4-7-17/h2-14H,15H2,1H3. The molecule has 6 nitrogen and oxygen atoms in total. The second-order valence-electron chi connectivity index (χ2n) is 6.85. The lowest BCUT2D eigenvalue weighted by Crippen LogP contribution is -2.17. The smallest absolute Gasteiger partial charge is 0.349 e. The Balaban J connectivity index is 1.47. The highest BCUT2D eigenvalue weighted by molar-refractivity contribution is 5.94. The Labute approximate surface area is 177 Å². The van der Waals surface area contributed by atoms with Gasteiger partial charge < -0.3 is 13.9 Å². The Morgan fingerprint density at radius 3 is 2.48 bits per heavy atom. The molecule has 0 saturated carbocycles. The topological polar surface area (TPSA) is 82.8 Å². The second-order valence-corrected chi connectivity index (χ2v) is 6.85. The fourth-order valence-corrected chi connectivity index (χ4v) is 3.10. The van der Waals surface area contributed by atoms with E-state index in [0.29, 0.717) is 27.8 Å². The lowest BCUT2D eigenvalue weighted by molar-refractivity contribution is -0.136. The van der Waals surface area contributed by atoms with Crippen molar-refractivity contribution in [1.29, 1.82) is 0 Å². The Kier molecular flexibility index (Phi) is 5.62. The average Bonchev–Trinajstić information content (AvgIpc) is 2.79. The summed E-state index contributed by atoms with van der Waals surface area (Å²) in [5.74, 6) is -0.103. The van der Waals surface area contributed by atoms with Gasteiger partial charge in [0.25, 0.3) is 0 Å². The zero-order valence-electron chi connectivity index (χ0n) is 16.7. The third kappa shape index (κ3) is 4.53. The molecule has 1 aromatic heterocycles. The van der Waals surface area contributed by atoms with Crippen molar-refractivity contribution in [1.82, 2.24) is 0 Å². The van der Waals surface area contributed by atoms with Crippen molar-refractivity contribution in [3.05, 3.63) is 94.8 Å². The van der Waals surface area contributed by atoms with E-state index < -0.39 is 5.97 Å². The molecule has 31 heavy (non-hydrogen) atoms. The largest absolute Gasteiger partial charge is 0.482 e. The molecule has 0 spiro atoms. The summed E-state index contributed by atoms with van der Waals surface area (Å²) in [5.41, 5.74) is 1.85. The molecule has 0 N–H and O–H groups in total. The minimum atomic E-state index is -0.629. The maximum atomic E-state index is 12.8. The number of rotatable bonds is 6. The number of carbonyl (C=O) groups excluding carboxylic acids is 2. The fourth-order valence-electron chi connectivity index (χ4n) is 3.10. The molecular weight excluding hydrogens is 396 g/mol. The summed E-state index contributed by atoms with van der Waals surface area (Å²) in [6, 6.07) is 20.4. The van der Waals surface area contributed by atoms with Crippen molar-refractivity contribution in [2.75, 3.05) is 6.61 Å². The number of benzene rings is 3. The summed E-state index contributed by atoms with van der Waals surface area (Å²) in [6.07, 6.45) is 1.40. The Bertz CT molecular complexity index is 1320. The number of hydrogen-bond donors (Lipinski definition) is 0. The lowest BCUT2D eigenvalue weighted by atomic mass is 10.1. The maximum Gasteiger partial charge on any atom is 0.349 e. The molecule has 0 saturated heterocycles. The Morgan fingerprint density at radius 1 is 0.903 bits per heavy atom. The molecule has 0 unspecified atom stereocenters. The molecule has 4 rings (SSSR count). The number of Topliss-reactive ketones (excluding diaryl/α,β-unsaturated/α-hetero) is 1. The minimum Gasteiger partial charge on any atom is -0.482 e. The van der Waals surface area contributed by atoms with E-state index in [0.717, 1.165) is 5.56 Å². The van der Waals surface area contributed by atoms with Crippen LogP contribution in [0.3, 0.4) is 0 Å². The van der Waals surface area contributed by atoms with Gasteiger partial charge in [0.1, 0.15) is 23.3 Å². The average molecular weight is 414 g/mol. The molecule has 0 bridgehead atoms. The molecule has 0 atom stereocenters. The molecule has 0 radical (unpaired) electrons. The summed E-state index contributed by atoms with van der Waals surface area (Å²) in [5, 5.41) is 0.387. The Hall–Kier alpha value is -4.19. The molecular formula is C25H18O6. The predicted octanol–water partition coefficient (Wildman–Crippen LogP) is 4.65. The number of hydrogen-bond acceptors (Lipinski definition) is 6. The van der Waals surface area contributed by atoms with Gasteiger partial charge in [-0.25, -0.2) is 4.79 Å². The molecule has 0 aliphatic rings. The molecule has 3 aromatic carbocycles. The number of ketones is 1. The molecule has 0 amide bonds. The molecule has 4 aromatic rings. The van der Waals surface area contributed by atoms with Crippen molar-refractivity contribution in [2.45, 2.75) is 6.92 Å². The van der Waals surface area contributed by atoms with Crippen molar-refractivity contribution >= 4 is 22.7 Å². The van der Waals surface area contributed by atoms with Crippen LogP contribution >= 0.6 is 0 Å². The zero-order chi connectivity index (χ0) is 21.8. The van der Waals surface area contributed by atoms with Gasteiger partial charge in [0.15, 0.2) is 17.8 Å². The highest BCUT2D eigenvalue weighted by atomic mass is 16.6. The molecule has 154 valence electrons. The van der Waals surface area contributed by atoms with Crippen molar-refractivity contribution in [3.63, 3.8) is 0 Å². The second kappa shape index (κ2) is 8.67. The van der Waals surface area contributed by atoms with Crippen molar-refractivity contribution in [3.8, 4) is 22.6 Å². The number of esters is 1. The van der Waals surface area contributed by atoms with E-state index in [2.05, 4.69) is 0 Å². The van der Waals surface area contributed by atoms with Gasteiger partial charge in [-0.3, -0.25) is 9.59 Å². The summed E-state index contributed by atoms with van der Waals surface area (Å²) in [4.78, 5) is 36.4. The van der Waals surface area contributed by atoms with E-state index >= 15 is 0 Å². The monoisotopic (exact) mass is 414 g/mol. The van der Waals surface area contributed by atoms with E-state index in [1.54, 1.807) is 30.3 Å². The lowest BCUT2D eigenvalue weighted by Gasteiger charge is -2.08. The summed E-state index contributed by atoms with van der Waals surface area (Å²) in [7, 11) is 0. The molecule has 6 heteroatoms. The van der Waals surface area contributed by atoms with Crippen molar-refractivity contribution < 1.29 is 23.5 Å². The van der Waals surface area contributed by atoms with E-state index in [9.17, 15) is 14.4 Å². The van der Waals surface area contributed by atoms with Crippen LogP contribution in [0, 0.1) is 0 Å². The van der Waals surface area contributed by atoms with Gasteiger partial charge in [-0.05, 0) is 36.8 Å². The molecule has 0 fully saturated rings. The normalized spacial score (nSPS) is 10.6. The Morgan fingerprint density at radius 2 is 1.71 bits per heavy atom. The number of ether oxygens (including phenoxy) is 2. The van der Waals surface area contributed by atoms with Gasteiger partial charge >= 0.3 is 5.97 Å². The van der Waals surface area contributed by atoms with Crippen LogP contribution in [0.1, 0.15) is 17.3 Å². The van der Waals surface area contributed by atoms with Crippen LogP contribution in [-0.2, 0) is 4.79 Å². The van der Waals surface area contributed by atoms with Crippen LogP contribution in [0.4, 0.5) is 0 Å². The maximum absolute atomic E-state index is 12.8. The third-order valence-corrected chi connectivity index (χ3v) is 4.66. The summed E-state index contributed by atoms with van der Waals surface area (Å²) < 4.78 is 16.3. The van der Waals surface area contributed by atoms with E-state index in [-0.39, 0.29) is 23.6 Å². The summed E-state index contributed by atoms with van der Waals surface area (Å²) >= 11 is 0. The predicted molar refractivity (Wildman–Crippen MR) is 115 cm³/mol. The quantitative estimate of drug-likeness (QED) is 0.260. The first-order valence-corrected chi connectivity index (χ1v) is 9.57. The van der Waals surface area contributed by atoms with Gasteiger partial charge in [0.05, 0.1) is 10.9 Å². The highest BCUT2D eigenvalue weighted by Crippen LogP contribution is 2.23. The van der Waals surface area contributed by atoms with Crippen LogP contribution in [0.15, 0.2) is 88.3 Å². The first-order chi connectivity index (χ1) is 15.0. The van der Waals surface area contributed by atoms with Gasteiger partial charge in [0, 0.05) is 11.6 Å². The van der Waals surface area contributed by atoms with Gasteiger partial charge in [-0.1, -0.05) is 42.5 Å². The van der Waals surface area contributed by atoms with E-state index in [1.165, 1.54) is 25.3 Å². The highest BCUT2D eigenvalue weighted by Gasteiger charge is 2.12. The minimum absolute atomic E-state index is 0.0962. The zero-order valence-corrected chi connectivity index (χ0v) is 16.7. The van der Waals surface area contributed by atoms with Crippen LogP contribution in [0.25, 0.3) is 22.1 Å². The SMILES string of the molecule is CC(=O)c1cccc(OCC(=O)Oc2ccc3c(=O)c(-c4ccccc4)coc3c2)c1. The van der Waals surface area contributed by atoms with Gasteiger partial charge in [0.2, 0.25) is 0 Å². The third-order valence-electron chi connectivity index (χ3n) is 4.66. The van der Waals surface area contributed by atoms with E-state index in [4.69, 9.17) is 13.9 Å². The van der Waals surface area contributed by atoms with Gasteiger partial charge in [-0.15, -0.1) is 0 Å². The van der Waals surface area contributed by atoms with E-state index in [1.807, 2.05) is 30.3 Å². The van der Waals surface area contributed by atoms with Crippen LogP contribution < -0.4 is 14.9 Å². The first-order valence-electron chi connectivity index (χ1n) is 9.57. The number of fused-ring (bicyclic) bond motifs is 1. The number of carbonyl (C=O) groups is 2. The van der Waals surface area contributed by atoms with Crippen molar-refractivity contribution in [2.24, 2.45) is 0 Å². The summed E-state index contributed by atoms with van der Waals surface area (Å²) in [6.45, 7) is 1.12.